The van der Waals surface area contributed by atoms with Gasteiger partial charge in [-0.2, -0.15) is 23.4 Å². The molecule has 3 heterocycles. The van der Waals surface area contributed by atoms with Gasteiger partial charge in [-0.1, -0.05) is 6.42 Å². The fourth-order valence-corrected chi connectivity index (χ4v) is 3.59. The van der Waals surface area contributed by atoms with Crippen molar-refractivity contribution in [2.75, 3.05) is 5.32 Å². The highest BCUT2D eigenvalue weighted by Gasteiger charge is 2.37. The number of carbonyl (C=O) groups is 1. The van der Waals surface area contributed by atoms with Gasteiger partial charge in [0, 0.05) is 31.7 Å². The summed E-state index contributed by atoms with van der Waals surface area (Å²) in [6.45, 7) is 0. The predicted octanol–water partition coefficient (Wildman–Crippen LogP) is 2.99. The zero-order valence-electron chi connectivity index (χ0n) is 16.5. The highest BCUT2D eigenvalue weighted by molar-refractivity contribution is 6.08. The van der Waals surface area contributed by atoms with Gasteiger partial charge >= 0.3 is 6.18 Å². The smallest absolute Gasteiger partial charge is 0.393 e. The molecule has 3 aromatic heterocycles. The zero-order chi connectivity index (χ0) is 22.2. The molecule has 1 saturated carbocycles. The summed E-state index contributed by atoms with van der Waals surface area (Å²) in [4.78, 5) is 21.3. The second kappa shape index (κ2) is 8.10. The lowest BCUT2D eigenvalue weighted by Crippen LogP contribution is -2.20. The van der Waals surface area contributed by atoms with Crippen molar-refractivity contribution in [3.8, 4) is 0 Å². The molecule has 1 amide bonds. The van der Waals surface area contributed by atoms with Gasteiger partial charge < -0.3 is 10.4 Å². The van der Waals surface area contributed by atoms with Crippen LogP contribution in [0.4, 0.5) is 24.7 Å². The van der Waals surface area contributed by atoms with E-state index in [0.29, 0.717) is 12.2 Å². The summed E-state index contributed by atoms with van der Waals surface area (Å²) in [6, 6.07) is 1.61. The number of aliphatic imine (C=N–C) groups is 1. The third-order valence-corrected chi connectivity index (χ3v) is 5.05. The first kappa shape index (κ1) is 21.0. The number of alkyl halides is 3. The molecule has 0 spiro atoms. The average Bonchev–Trinajstić information content (AvgIpc) is 3.29. The van der Waals surface area contributed by atoms with Gasteiger partial charge in [0.05, 0.1) is 18.0 Å². The first-order valence-corrected chi connectivity index (χ1v) is 9.69. The molecule has 0 saturated heterocycles. The number of nitrogens with one attached hydrogen (secondary N) is 1. The third-order valence-electron chi connectivity index (χ3n) is 5.05. The average molecular weight is 435 g/mol. The molecule has 0 radical (unpaired) electrons. The molecule has 0 bridgehead atoms. The van der Waals surface area contributed by atoms with E-state index in [1.807, 2.05) is 0 Å². The Hall–Kier alpha value is -3.28. The molecule has 164 valence electrons. The number of aliphatic hydroxyl groups is 1. The maximum atomic E-state index is 13.1. The Kier molecular flexibility index (Phi) is 5.48. The Morgan fingerprint density at radius 1 is 1.39 bits per heavy atom. The van der Waals surface area contributed by atoms with Crippen molar-refractivity contribution in [2.45, 2.75) is 38.0 Å². The maximum Gasteiger partial charge on any atom is 0.437 e. The van der Waals surface area contributed by atoms with E-state index in [1.165, 1.54) is 17.8 Å². The van der Waals surface area contributed by atoms with Gasteiger partial charge in [0.25, 0.3) is 5.91 Å². The van der Waals surface area contributed by atoms with Gasteiger partial charge in [0.2, 0.25) is 0 Å². The van der Waals surface area contributed by atoms with Crippen LogP contribution in [-0.4, -0.2) is 47.7 Å². The maximum absolute atomic E-state index is 13.1. The molecule has 12 heteroatoms. The molecule has 2 unspecified atom stereocenters. The van der Waals surface area contributed by atoms with Crippen molar-refractivity contribution in [2.24, 2.45) is 18.0 Å². The normalized spacial score (nSPS) is 19.9. The monoisotopic (exact) mass is 435 g/mol. The minimum atomic E-state index is -4.71. The number of nitrogens with zero attached hydrogens (tertiary/aromatic N) is 6. The number of amides is 1. The van der Waals surface area contributed by atoms with Crippen LogP contribution < -0.4 is 5.32 Å². The number of rotatable bonds is 4. The third kappa shape index (κ3) is 4.58. The van der Waals surface area contributed by atoms with Crippen LogP contribution >= 0.6 is 0 Å². The van der Waals surface area contributed by atoms with E-state index in [-0.39, 0.29) is 23.2 Å². The van der Waals surface area contributed by atoms with Crippen molar-refractivity contribution in [1.29, 1.82) is 0 Å². The number of aromatic nitrogens is 5. The first-order chi connectivity index (χ1) is 14.7. The molecule has 9 nitrogen and oxygen atoms in total. The Morgan fingerprint density at radius 3 is 2.94 bits per heavy atom. The molecule has 4 rings (SSSR count). The second-order valence-electron chi connectivity index (χ2n) is 7.49. The van der Waals surface area contributed by atoms with Gasteiger partial charge in [0.15, 0.2) is 17.2 Å². The Bertz CT molecular complexity index is 1140. The van der Waals surface area contributed by atoms with E-state index < -0.39 is 23.5 Å². The van der Waals surface area contributed by atoms with E-state index in [1.54, 1.807) is 18.5 Å². The number of hydrogen-bond acceptors (Lipinski definition) is 6. The summed E-state index contributed by atoms with van der Waals surface area (Å²) in [7, 11) is 1.33. The standard InChI is InChI=1S/C19H20F3N7O2/c1-28-10-14(16(27-28)19(20,21)22)25-18(31)13-9-24-29-6-5-15(26-17(13)29)23-8-11-3-2-4-12(30)7-11/h5-6,8-12,30H,2-4,7H2,1H3,(H,25,31). The molecule has 1 fully saturated rings. The van der Waals surface area contributed by atoms with E-state index in [0.717, 1.165) is 30.1 Å². The molecule has 31 heavy (non-hydrogen) atoms. The van der Waals surface area contributed by atoms with Gasteiger partial charge in [-0.3, -0.25) is 9.48 Å². The minimum absolute atomic E-state index is 0.00196. The fraction of sp³-hybridized carbons (Fsp3) is 0.421. The summed E-state index contributed by atoms with van der Waals surface area (Å²) in [5.41, 5.74) is -1.48. The molecule has 1 aliphatic carbocycles. The van der Waals surface area contributed by atoms with Crippen LogP contribution in [0, 0.1) is 5.92 Å². The molecule has 3 aromatic rings. The van der Waals surface area contributed by atoms with Gasteiger partial charge in [0.1, 0.15) is 5.56 Å². The SMILES string of the molecule is Cn1cc(NC(=O)c2cnn3ccc(N=CC4CCCC(O)C4)nc23)c(C(F)(F)F)n1. The largest absolute Gasteiger partial charge is 0.437 e. The van der Waals surface area contributed by atoms with Crippen molar-refractivity contribution < 1.29 is 23.1 Å². The molecule has 0 aromatic carbocycles. The predicted molar refractivity (Wildman–Crippen MR) is 105 cm³/mol. The number of fused-ring (bicyclic) bond motifs is 1. The van der Waals surface area contributed by atoms with Crippen molar-refractivity contribution in [3.63, 3.8) is 0 Å². The molecule has 2 N–H and O–H groups in total. The van der Waals surface area contributed by atoms with Gasteiger partial charge in [-0.15, -0.1) is 0 Å². The minimum Gasteiger partial charge on any atom is -0.393 e. The topological polar surface area (TPSA) is 110 Å². The number of aryl methyl sites for hydroxylation is 1. The molecule has 2 atom stereocenters. The summed E-state index contributed by atoms with van der Waals surface area (Å²) in [5.74, 6) is -0.321. The van der Waals surface area contributed by atoms with Crippen molar-refractivity contribution in [3.05, 3.63) is 35.9 Å². The number of anilines is 1. The van der Waals surface area contributed by atoms with Crippen LogP contribution in [0.2, 0.25) is 0 Å². The Balaban J connectivity index is 1.57. The quantitative estimate of drug-likeness (QED) is 0.613. The molecular weight excluding hydrogens is 415 g/mol. The fourth-order valence-electron chi connectivity index (χ4n) is 3.59. The van der Waals surface area contributed by atoms with Crippen LogP contribution in [0.15, 0.2) is 29.6 Å². The van der Waals surface area contributed by atoms with Gasteiger partial charge in [-0.05, 0) is 25.2 Å². The highest BCUT2D eigenvalue weighted by atomic mass is 19.4. The molecule has 0 aliphatic heterocycles. The lowest BCUT2D eigenvalue weighted by molar-refractivity contribution is -0.140. The van der Waals surface area contributed by atoms with Crippen molar-refractivity contribution >= 4 is 29.3 Å². The van der Waals surface area contributed by atoms with Crippen LogP contribution in [0.3, 0.4) is 0 Å². The first-order valence-electron chi connectivity index (χ1n) is 9.69. The van der Waals surface area contributed by atoms with E-state index in [2.05, 4.69) is 25.5 Å². The van der Waals surface area contributed by atoms with Crippen LogP contribution in [0.1, 0.15) is 41.7 Å². The number of aliphatic hydroxyl groups excluding tert-OH is 1. The van der Waals surface area contributed by atoms with Gasteiger partial charge in [-0.25, -0.2) is 14.5 Å². The molecular formula is C19H20F3N7O2. The number of halogens is 3. The second-order valence-corrected chi connectivity index (χ2v) is 7.49. The summed E-state index contributed by atoms with van der Waals surface area (Å²) in [5, 5.41) is 19.4. The summed E-state index contributed by atoms with van der Waals surface area (Å²) < 4.78 is 41.7. The number of carbonyl (C=O) groups excluding carboxylic acids is 1. The summed E-state index contributed by atoms with van der Waals surface area (Å²) in [6.07, 6.45) is 3.84. The Morgan fingerprint density at radius 2 is 2.19 bits per heavy atom. The van der Waals surface area contributed by atoms with Crippen LogP contribution in [-0.2, 0) is 13.2 Å². The molecule has 1 aliphatic rings. The number of hydrogen-bond donors (Lipinski definition) is 2. The summed E-state index contributed by atoms with van der Waals surface area (Å²) >= 11 is 0. The van der Waals surface area contributed by atoms with E-state index in [9.17, 15) is 23.1 Å². The zero-order valence-corrected chi connectivity index (χ0v) is 16.5. The van der Waals surface area contributed by atoms with Crippen molar-refractivity contribution in [1.82, 2.24) is 24.4 Å². The Labute approximate surface area is 174 Å². The van der Waals surface area contributed by atoms with Crippen LogP contribution in [0.5, 0.6) is 0 Å². The van der Waals surface area contributed by atoms with E-state index in [4.69, 9.17) is 0 Å². The highest BCUT2D eigenvalue weighted by Crippen LogP contribution is 2.33. The lowest BCUT2D eigenvalue weighted by atomic mass is 9.88. The van der Waals surface area contributed by atoms with E-state index >= 15 is 0 Å². The lowest BCUT2D eigenvalue weighted by Gasteiger charge is -2.22. The van der Waals surface area contributed by atoms with Crippen LogP contribution in [0.25, 0.3) is 5.65 Å².